The zero-order chi connectivity index (χ0) is 10.1. The first-order valence-corrected chi connectivity index (χ1v) is 5.78. The van der Waals surface area contributed by atoms with Crippen molar-refractivity contribution in [3.05, 3.63) is 0 Å². The van der Waals surface area contributed by atoms with Crippen LogP contribution < -0.4 is 0 Å². The van der Waals surface area contributed by atoms with Gasteiger partial charge in [-0.15, -0.1) is 0 Å². The molecule has 0 aromatic carbocycles. The molecule has 1 saturated carbocycles. The van der Waals surface area contributed by atoms with Crippen LogP contribution in [-0.4, -0.2) is 41.9 Å². The quantitative estimate of drug-likeness (QED) is 0.695. The van der Waals surface area contributed by atoms with Crippen molar-refractivity contribution >= 4 is 18.5 Å². The highest BCUT2D eigenvalue weighted by Gasteiger charge is 2.36. The summed E-state index contributed by atoms with van der Waals surface area (Å²) >= 11 is 4.17. The summed E-state index contributed by atoms with van der Waals surface area (Å²) in [6.45, 7) is 4.02. The number of hydrogen-bond acceptors (Lipinski definition) is 3. The first-order valence-electron chi connectivity index (χ1n) is 5.27. The van der Waals surface area contributed by atoms with E-state index >= 15 is 0 Å². The molecule has 1 saturated heterocycles. The van der Waals surface area contributed by atoms with Crippen LogP contribution >= 0.6 is 12.6 Å². The molecule has 0 aromatic rings. The molecule has 0 N–H and O–H groups in total. The SMILES string of the molecule is CC(S)C(=O)N1CCOC(C2CC2)C1. The Bertz CT molecular complexity index is 228. The van der Waals surface area contributed by atoms with Gasteiger partial charge in [-0.05, 0) is 25.7 Å². The maximum absolute atomic E-state index is 11.7. The summed E-state index contributed by atoms with van der Waals surface area (Å²) in [5.41, 5.74) is 0. The Labute approximate surface area is 90.2 Å². The lowest BCUT2D eigenvalue weighted by Crippen LogP contribution is -2.48. The van der Waals surface area contributed by atoms with Crippen LogP contribution in [-0.2, 0) is 9.53 Å². The number of ether oxygens (including phenoxy) is 1. The van der Waals surface area contributed by atoms with Crippen LogP contribution in [0.3, 0.4) is 0 Å². The fraction of sp³-hybridized carbons (Fsp3) is 0.900. The third kappa shape index (κ3) is 2.23. The Hall–Kier alpha value is -0.220. The van der Waals surface area contributed by atoms with E-state index < -0.39 is 0 Å². The molecule has 0 spiro atoms. The molecular formula is C10H17NO2S. The first-order chi connectivity index (χ1) is 6.68. The lowest BCUT2D eigenvalue weighted by molar-refractivity contribution is -0.138. The van der Waals surface area contributed by atoms with Crippen molar-refractivity contribution in [3.8, 4) is 0 Å². The summed E-state index contributed by atoms with van der Waals surface area (Å²) in [6.07, 6.45) is 2.83. The minimum absolute atomic E-state index is 0.141. The number of thiol groups is 1. The molecule has 80 valence electrons. The van der Waals surface area contributed by atoms with E-state index in [1.54, 1.807) is 0 Å². The topological polar surface area (TPSA) is 29.5 Å². The first kappa shape index (κ1) is 10.3. The van der Waals surface area contributed by atoms with E-state index in [0.717, 1.165) is 13.1 Å². The smallest absolute Gasteiger partial charge is 0.235 e. The standard InChI is InChI=1S/C10H17NO2S/c1-7(14)10(12)11-4-5-13-9(6-11)8-2-3-8/h7-9,14H,2-6H2,1H3. The average molecular weight is 215 g/mol. The minimum Gasteiger partial charge on any atom is -0.374 e. The second-order valence-electron chi connectivity index (χ2n) is 4.21. The van der Waals surface area contributed by atoms with Gasteiger partial charge in [-0.3, -0.25) is 4.79 Å². The van der Waals surface area contributed by atoms with Gasteiger partial charge in [0.2, 0.25) is 5.91 Å². The van der Waals surface area contributed by atoms with Crippen molar-refractivity contribution in [2.75, 3.05) is 19.7 Å². The Balaban J connectivity index is 1.89. The third-order valence-electron chi connectivity index (χ3n) is 2.91. The fourth-order valence-electron chi connectivity index (χ4n) is 1.89. The van der Waals surface area contributed by atoms with Crippen LogP contribution in [0.4, 0.5) is 0 Å². The Morgan fingerprint density at radius 2 is 2.29 bits per heavy atom. The van der Waals surface area contributed by atoms with Gasteiger partial charge in [-0.1, -0.05) is 0 Å². The van der Waals surface area contributed by atoms with Crippen molar-refractivity contribution in [1.29, 1.82) is 0 Å². The zero-order valence-electron chi connectivity index (χ0n) is 8.48. The molecule has 3 nitrogen and oxygen atoms in total. The molecule has 14 heavy (non-hydrogen) atoms. The molecule has 1 heterocycles. The normalized spacial score (nSPS) is 30.1. The highest BCUT2D eigenvalue weighted by Crippen LogP contribution is 2.35. The van der Waals surface area contributed by atoms with Crippen LogP contribution in [0.5, 0.6) is 0 Å². The van der Waals surface area contributed by atoms with Crippen LogP contribution in [0.2, 0.25) is 0 Å². The van der Waals surface area contributed by atoms with Gasteiger partial charge in [0, 0.05) is 13.1 Å². The van der Waals surface area contributed by atoms with E-state index in [1.165, 1.54) is 12.8 Å². The lowest BCUT2D eigenvalue weighted by Gasteiger charge is -2.33. The Morgan fingerprint density at radius 1 is 1.57 bits per heavy atom. The number of carbonyl (C=O) groups is 1. The monoisotopic (exact) mass is 215 g/mol. The summed E-state index contributed by atoms with van der Waals surface area (Å²) in [6, 6.07) is 0. The molecule has 2 atom stereocenters. The molecule has 0 bridgehead atoms. The zero-order valence-corrected chi connectivity index (χ0v) is 9.37. The van der Waals surface area contributed by atoms with Crippen molar-refractivity contribution in [2.45, 2.75) is 31.1 Å². The van der Waals surface area contributed by atoms with Gasteiger partial charge >= 0.3 is 0 Å². The van der Waals surface area contributed by atoms with E-state index in [2.05, 4.69) is 12.6 Å². The van der Waals surface area contributed by atoms with Gasteiger partial charge in [-0.25, -0.2) is 0 Å². The van der Waals surface area contributed by atoms with Gasteiger partial charge in [0.15, 0.2) is 0 Å². The molecule has 2 unspecified atom stereocenters. The number of morpholine rings is 1. The van der Waals surface area contributed by atoms with Gasteiger partial charge in [0.05, 0.1) is 18.0 Å². The highest BCUT2D eigenvalue weighted by atomic mass is 32.1. The van der Waals surface area contributed by atoms with Crippen molar-refractivity contribution in [1.82, 2.24) is 4.90 Å². The summed E-state index contributed by atoms with van der Waals surface area (Å²) in [7, 11) is 0. The van der Waals surface area contributed by atoms with Gasteiger partial charge in [0.1, 0.15) is 0 Å². The molecule has 1 amide bonds. The number of rotatable bonds is 2. The molecule has 1 aliphatic carbocycles. The van der Waals surface area contributed by atoms with Gasteiger partial charge < -0.3 is 9.64 Å². The van der Waals surface area contributed by atoms with E-state index in [4.69, 9.17) is 4.74 Å². The summed E-state index contributed by atoms with van der Waals surface area (Å²) in [5, 5.41) is -0.187. The highest BCUT2D eigenvalue weighted by molar-refractivity contribution is 7.81. The molecule has 4 heteroatoms. The average Bonchev–Trinajstić information content (AvgIpc) is 3.00. The summed E-state index contributed by atoms with van der Waals surface area (Å²) in [5.74, 6) is 0.850. The second-order valence-corrected chi connectivity index (χ2v) is 4.98. The number of nitrogens with zero attached hydrogens (tertiary/aromatic N) is 1. The van der Waals surface area contributed by atoms with Crippen LogP contribution in [0.1, 0.15) is 19.8 Å². The van der Waals surface area contributed by atoms with E-state index in [9.17, 15) is 4.79 Å². The van der Waals surface area contributed by atoms with E-state index in [0.29, 0.717) is 18.6 Å². The van der Waals surface area contributed by atoms with E-state index in [1.807, 2.05) is 11.8 Å². The van der Waals surface area contributed by atoms with E-state index in [-0.39, 0.29) is 11.2 Å². The van der Waals surface area contributed by atoms with Gasteiger partial charge in [-0.2, -0.15) is 12.6 Å². The number of carbonyl (C=O) groups excluding carboxylic acids is 1. The Morgan fingerprint density at radius 3 is 2.86 bits per heavy atom. The minimum atomic E-state index is -0.187. The van der Waals surface area contributed by atoms with Crippen LogP contribution in [0, 0.1) is 5.92 Å². The van der Waals surface area contributed by atoms with Gasteiger partial charge in [0.25, 0.3) is 0 Å². The second kappa shape index (κ2) is 4.11. The molecule has 0 aromatic heterocycles. The molecular weight excluding hydrogens is 198 g/mol. The number of hydrogen-bond donors (Lipinski definition) is 1. The van der Waals surface area contributed by atoms with Crippen molar-refractivity contribution < 1.29 is 9.53 Å². The molecule has 1 aliphatic heterocycles. The largest absolute Gasteiger partial charge is 0.374 e. The Kier molecular flexibility index (Phi) is 3.02. The predicted molar refractivity (Wildman–Crippen MR) is 57.5 cm³/mol. The lowest BCUT2D eigenvalue weighted by atomic mass is 10.2. The fourth-order valence-corrected chi connectivity index (χ4v) is 2.06. The molecule has 2 aliphatic rings. The number of amides is 1. The molecule has 2 fully saturated rings. The third-order valence-corrected chi connectivity index (χ3v) is 3.13. The van der Waals surface area contributed by atoms with Crippen molar-refractivity contribution in [3.63, 3.8) is 0 Å². The maximum atomic E-state index is 11.7. The summed E-state index contributed by atoms with van der Waals surface area (Å²) in [4.78, 5) is 13.6. The summed E-state index contributed by atoms with van der Waals surface area (Å²) < 4.78 is 5.64. The molecule has 2 rings (SSSR count). The van der Waals surface area contributed by atoms with Crippen LogP contribution in [0.25, 0.3) is 0 Å². The maximum Gasteiger partial charge on any atom is 0.235 e. The van der Waals surface area contributed by atoms with Crippen molar-refractivity contribution in [2.24, 2.45) is 5.92 Å². The molecule has 0 radical (unpaired) electrons. The van der Waals surface area contributed by atoms with Crippen LogP contribution in [0.15, 0.2) is 0 Å². The predicted octanol–water partition coefficient (Wildman–Crippen LogP) is 0.942.